The van der Waals surface area contributed by atoms with Gasteiger partial charge < -0.3 is 15.5 Å². The molecule has 1 rings (SSSR count). The predicted molar refractivity (Wildman–Crippen MR) is 62.2 cm³/mol. The Bertz CT molecular complexity index is 341. The first-order chi connectivity index (χ1) is 8.07. The lowest BCUT2D eigenvalue weighted by molar-refractivity contribution is -0.134. The number of rotatable bonds is 6. The summed E-state index contributed by atoms with van der Waals surface area (Å²) in [5.41, 5.74) is 0.252. The second kappa shape index (κ2) is 6.08. The molecule has 0 aliphatic carbocycles. The molecule has 1 aliphatic rings. The maximum atomic E-state index is 11.0. The van der Waals surface area contributed by atoms with Crippen molar-refractivity contribution in [2.45, 2.75) is 32.6 Å². The number of hydrogen-bond donors (Lipinski definition) is 3. The molecule has 0 bridgehead atoms. The molecule has 3 N–H and O–H groups in total. The summed E-state index contributed by atoms with van der Waals surface area (Å²) < 4.78 is 0. The van der Waals surface area contributed by atoms with Crippen molar-refractivity contribution in [3.63, 3.8) is 0 Å². The molecular formula is C12H17NO4. The zero-order valence-electron chi connectivity index (χ0n) is 9.77. The van der Waals surface area contributed by atoms with Crippen molar-refractivity contribution in [3.05, 3.63) is 23.5 Å². The third-order valence-electron chi connectivity index (χ3n) is 2.82. The quantitative estimate of drug-likeness (QED) is 0.614. The van der Waals surface area contributed by atoms with Crippen molar-refractivity contribution in [2.75, 3.05) is 0 Å². The minimum absolute atomic E-state index is 0.126. The van der Waals surface area contributed by atoms with Crippen LogP contribution in [0.4, 0.5) is 0 Å². The molecule has 0 spiro atoms. The van der Waals surface area contributed by atoms with E-state index < -0.39 is 17.9 Å². The van der Waals surface area contributed by atoms with E-state index in [1.807, 2.05) is 6.92 Å². The van der Waals surface area contributed by atoms with Gasteiger partial charge in [0.25, 0.3) is 0 Å². The number of hydrogen-bond acceptors (Lipinski definition) is 3. The predicted octanol–water partition coefficient (Wildman–Crippen LogP) is 1.72. The van der Waals surface area contributed by atoms with Gasteiger partial charge in [-0.1, -0.05) is 26.2 Å². The van der Waals surface area contributed by atoms with Crippen LogP contribution in [0.3, 0.4) is 0 Å². The number of aliphatic carboxylic acids is 2. The molecule has 0 fully saturated rings. The van der Waals surface area contributed by atoms with E-state index in [1.165, 1.54) is 12.4 Å². The Morgan fingerprint density at radius 3 is 2.12 bits per heavy atom. The standard InChI is InChI=1S/C12H17NO4/c1-2-3-4-5-8-9(11(14)15)6-13-7-10(8)12(16)17/h6-8,13H,2-5H2,1H3,(H,14,15)(H,16,17). The first-order valence-corrected chi connectivity index (χ1v) is 5.70. The summed E-state index contributed by atoms with van der Waals surface area (Å²) >= 11 is 0. The maximum absolute atomic E-state index is 11.0. The minimum atomic E-state index is -1.06. The smallest absolute Gasteiger partial charge is 0.333 e. The average molecular weight is 239 g/mol. The third-order valence-corrected chi connectivity index (χ3v) is 2.82. The fourth-order valence-corrected chi connectivity index (χ4v) is 1.92. The van der Waals surface area contributed by atoms with Gasteiger partial charge in [-0.15, -0.1) is 0 Å². The number of dihydropyridines is 1. The highest BCUT2D eigenvalue weighted by molar-refractivity contribution is 5.94. The molecule has 0 saturated carbocycles. The summed E-state index contributed by atoms with van der Waals surface area (Å²) in [7, 11) is 0. The first kappa shape index (κ1) is 13.3. The summed E-state index contributed by atoms with van der Waals surface area (Å²) in [4.78, 5) is 22.1. The summed E-state index contributed by atoms with van der Waals surface area (Å²) in [6, 6.07) is 0. The van der Waals surface area contributed by atoms with Crippen LogP contribution in [0.5, 0.6) is 0 Å². The van der Waals surface area contributed by atoms with Gasteiger partial charge in [0.2, 0.25) is 0 Å². The van der Waals surface area contributed by atoms with E-state index >= 15 is 0 Å². The summed E-state index contributed by atoms with van der Waals surface area (Å²) in [6.07, 6.45) is 6.12. The van der Waals surface area contributed by atoms with Crippen LogP contribution in [0.2, 0.25) is 0 Å². The van der Waals surface area contributed by atoms with Gasteiger partial charge in [-0.05, 0) is 6.42 Å². The van der Waals surface area contributed by atoms with Crippen LogP contribution in [0.25, 0.3) is 0 Å². The van der Waals surface area contributed by atoms with Crippen LogP contribution < -0.4 is 5.32 Å². The lowest BCUT2D eigenvalue weighted by Crippen LogP contribution is -2.26. The molecule has 0 radical (unpaired) electrons. The van der Waals surface area contributed by atoms with Crippen LogP contribution in [0.1, 0.15) is 32.6 Å². The number of nitrogens with one attached hydrogen (secondary N) is 1. The normalized spacial score (nSPS) is 15.8. The van der Waals surface area contributed by atoms with Crippen molar-refractivity contribution in [1.29, 1.82) is 0 Å². The number of unbranched alkanes of at least 4 members (excludes halogenated alkanes) is 2. The Morgan fingerprint density at radius 1 is 1.18 bits per heavy atom. The van der Waals surface area contributed by atoms with Gasteiger partial charge in [0, 0.05) is 18.3 Å². The fraction of sp³-hybridized carbons (Fsp3) is 0.500. The van der Waals surface area contributed by atoms with Gasteiger partial charge in [0.05, 0.1) is 11.1 Å². The van der Waals surface area contributed by atoms with E-state index in [0.717, 1.165) is 19.3 Å². The maximum Gasteiger partial charge on any atom is 0.333 e. The van der Waals surface area contributed by atoms with Crippen molar-refractivity contribution in [2.24, 2.45) is 5.92 Å². The molecule has 0 saturated heterocycles. The molecule has 0 aromatic heterocycles. The molecule has 0 atom stereocenters. The number of carboxylic acid groups (broad SMARTS) is 2. The Morgan fingerprint density at radius 2 is 1.71 bits per heavy atom. The molecule has 0 aromatic rings. The summed E-state index contributed by atoms with van der Waals surface area (Å²) in [5, 5.41) is 20.7. The Labute approximate surface area is 99.8 Å². The SMILES string of the molecule is CCCCCC1C(C(=O)O)=CNC=C1C(=O)O. The Hall–Kier alpha value is -1.78. The van der Waals surface area contributed by atoms with Gasteiger partial charge in [-0.25, -0.2) is 9.59 Å². The van der Waals surface area contributed by atoms with Gasteiger partial charge in [0.1, 0.15) is 0 Å². The van der Waals surface area contributed by atoms with Crippen molar-refractivity contribution in [1.82, 2.24) is 5.32 Å². The van der Waals surface area contributed by atoms with Gasteiger partial charge in [-0.2, -0.15) is 0 Å². The Kier molecular flexibility index (Phi) is 4.75. The van der Waals surface area contributed by atoms with Crippen molar-refractivity contribution in [3.8, 4) is 0 Å². The lowest BCUT2D eigenvalue weighted by Gasteiger charge is -2.22. The van der Waals surface area contributed by atoms with Crippen LogP contribution >= 0.6 is 0 Å². The zero-order valence-corrected chi connectivity index (χ0v) is 9.77. The Balaban J connectivity index is 2.82. The lowest BCUT2D eigenvalue weighted by atomic mass is 9.85. The third kappa shape index (κ3) is 3.34. The molecule has 94 valence electrons. The van der Waals surface area contributed by atoms with E-state index in [-0.39, 0.29) is 11.1 Å². The van der Waals surface area contributed by atoms with E-state index in [1.54, 1.807) is 0 Å². The van der Waals surface area contributed by atoms with Gasteiger partial charge in [0.15, 0.2) is 0 Å². The second-order valence-electron chi connectivity index (χ2n) is 4.02. The monoisotopic (exact) mass is 239 g/mol. The van der Waals surface area contributed by atoms with Gasteiger partial charge >= 0.3 is 11.9 Å². The van der Waals surface area contributed by atoms with Crippen molar-refractivity contribution >= 4 is 11.9 Å². The van der Waals surface area contributed by atoms with Crippen LogP contribution in [-0.4, -0.2) is 22.2 Å². The molecule has 1 heterocycles. The molecule has 1 aliphatic heterocycles. The minimum Gasteiger partial charge on any atom is -0.478 e. The zero-order chi connectivity index (χ0) is 12.8. The second-order valence-corrected chi connectivity index (χ2v) is 4.02. The molecule has 5 nitrogen and oxygen atoms in total. The fourth-order valence-electron chi connectivity index (χ4n) is 1.92. The van der Waals surface area contributed by atoms with Gasteiger partial charge in [-0.3, -0.25) is 0 Å². The molecular weight excluding hydrogens is 222 g/mol. The number of carboxylic acids is 2. The molecule has 0 amide bonds. The highest BCUT2D eigenvalue weighted by atomic mass is 16.4. The van der Waals surface area contributed by atoms with Crippen LogP contribution in [-0.2, 0) is 9.59 Å². The average Bonchev–Trinajstić information content (AvgIpc) is 2.28. The summed E-state index contributed by atoms with van der Waals surface area (Å²) in [6.45, 7) is 2.05. The first-order valence-electron chi connectivity index (χ1n) is 5.70. The molecule has 17 heavy (non-hydrogen) atoms. The van der Waals surface area contributed by atoms with E-state index in [0.29, 0.717) is 6.42 Å². The molecule has 0 aromatic carbocycles. The van der Waals surface area contributed by atoms with Crippen molar-refractivity contribution < 1.29 is 19.8 Å². The highest BCUT2D eigenvalue weighted by Crippen LogP contribution is 2.28. The van der Waals surface area contributed by atoms with Crippen LogP contribution in [0.15, 0.2) is 23.5 Å². The largest absolute Gasteiger partial charge is 0.478 e. The van der Waals surface area contributed by atoms with E-state index in [2.05, 4.69) is 5.32 Å². The highest BCUT2D eigenvalue weighted by Gasteiger charge is 2.29. The summed E-state index contributed by atoms with van der Waals surface area (Å²) in [5.74, 6) is -2.64. The molecule has 5 heteroatoms. The van der Waals surface area contributed by atoms with E-state index in [9.17, 15) is 9.59 Å². The molecule has 0 unspecified atom stereocenters. The topological polar surface area (TPSA) is 86.6 Å². The van der Waals surface area contributed by atoms with Crippen LogP contribution in [0, 0.1) is 5.92 Å². The number of carbonyl (C=O) groups is 2. The van der Waals surface area contributed by atoms with E-state index in [4.69, 9.17) is 10.2 Å².